The van der Waals surface area contributed by atoms with Gasteiger partial charge in [-0.25, -0.2) is 9.37 Å². The number of hydrogen-bond acceptors (Lipinski definition) is 13. The number of nitrogens with one attached hydrogen (secondary N) is 5. The number of thiazole rings is 1. The number of carbonyl (C=O) groups is 7. The van der Waals surface area contributed by atoms with Gasteiger partial charge in [-0.15, -0.1) is 11.3 Å². The molecule has 8 rings (SSSR count). The number of phenols is 1. The van der Waals surface area contributed by atoms with E-state index in [1.165, 1.54) is 39.3 Å². The average Bonchev–Trinajstić information content (AvgIpc) is 3.85. The topological polar surface area (TPSA) is 266 Å². The Bertz CT molecular complexity index is 3020. The summed E-state index contributed by atoms with van der Waals surface area (Å²) in [5, 5.41) is 39.5. The normalized spacial score (nSPS) is 18.2. The van der Waals surface area contributed by atoms with Gasteiger partial charge in [0, 0.05) is 57.3 Å². The Morgan fingerprint density at radius 2 is 1.63 bits per heavy atom. The van der Waals surface area contributed by atoms with E-state index in [1.54, 1.807) is 58.6 Å². The molecule has 0 radical (unpaired) electrons. The number of β-amino-alcohol motifs (C(OH)–C–C–N with tert-alkyl or cyclic N) is 1. The molecule has 2 aliphatic carbocycles. The van der Waals surface area contributed by atoms with Crippen molar-refractivity contribution in [2.24, 2.45) is 5.41 Å². The third kappa shape index (κ3) is 12.6. The third-order valence-electron chi connectivity index (χ3n) is 14.0. The average molecular weight is 1060 g/mol. The van der Waals surface area contributed by atoms with Gasteiger partial charge in [0.1, 0.15) is 17.8 Å². The van der Waals surface area contributed by atoms with E-state index in [-0.39, 0.29) is 85.3 Å². The number of phenolic OH excluding ortho intramolecular Hbond substituents is 1. The highest BCUT2D eigenvalue weighted by molar-refractivity contribution is 7.13. The number of alkyl halides is 1. The highest BCUT2D eigenvalue weighted by Crippen LogP contribution is 2.41. The minimum atomic E-state index is -2.03. The fourth-order valence-electron chi connectivity index (χ4n) is 9.47. The second-order valence-electron chi connectivity index (χ2n) is 21.1. The number of likely N-dealkylation sites (tertiary alicyclic amines) is 1. The zero-order chi connectivity index (χ0) is 54.6. The van der Waals surface area contributed by atoms with Gasteiger partial charge in [-0.1, -0.05) is 62.3 Å². The lowest BCUT2D eigenvalue weighted by atomic mass is 9.85. The Labute approximate surface area is 443 Å². The summed E-state index contributed by atoms with van der Waals surface area (Å²) in [7, 11) is 3.15. The number of carbonyl (C=O) groups excluding carboxylic acids is 7. The smallest absolute Gasteiger partial charge is 0.273 e. The Balaban J connectivity index is 0.838. The van der Waals surface area contributed by atoms with Crippen molar-refractivity contribution in [3.05, 3.63) is 111 Å². The van der Waals surface area contributed by atoms with E-state index in [4.69, 9.17) is 4.52 Å². The first-order valence-electron chi connectivity index (χ1n) is 25.4. The van der Waals surface area contributed by atoms with Crippen molar-refractivity contribution < 1.29 is 52.7 Å². The van der Waals surface area contributed by atoms with Crippen LogP contribution in [0, 0.1) is 12.3 Å². The van der Waals surface area contributed by atoms with Crippen LogP contribution in [0.1, 0.15) is 131 Å². The second-order valence-corrected chi connectivity index (χ2v) is 21.9. The van der Waals surface area contributed by atoms with E-state index in [0.717, 1.165) is 27.3 Å². The summed E-state index contributed by atoms with van der Waals surface area (Å²) in [5.41, 5.74) is 4.05. The largest absolute Gasteiger partial charge is 0.507 e. The lowest BCUT2D eigenvalue weighted by molar-refractivity contribution is -0.145. The highest BCUT2D eigenvalue weighted by Gasteiger charge is 2.53. The summed E-state index contributed by atoms with van der Waals surface area (Å²) in [4.78, 5) is 102. The van der Waals surface area contributed by atoms with Crippen LogP contribution in [0.4, 0.5) is 4.39 Å². The number of aromatic hydroxyl groups is 1. The van der Waals surface area contributed by atoms with Gasteiger partial charge in [0.25, 0.3) is 23.6 Å². The van der Waals surface area contributed by atoms with Crippen LogP contribution in [0.15, 0.2) is 76.8 Å². The summed E-state index contributed by atoms with van der Waals surface area (Å²) in [6.45, 7) is 7.49. The molecule has 2 fully saturated rings. The number of amides is 7. The summed E-state index contributed by atoms with van der Waals surface area (Å²) < 4.78 is 20.2. The quantitative estimate of drug-likeness (QED) is 0.0508. The molecule has 1 saturated carbocycles. The molecule has 2 aromatic heterocycles. The fraction of sp³-hybridized carbons (Fsp3) is 0.436. The van der Waals surface area contributed by atoms with Crippen LogP contribution in [0.25, 0.3) is 21.8 Å². The predicted octanol–water partition coefficient (Wildman–Crippen LogP) is 5.47. The summed E-state index contributed by atoms with van der Waals surface area (Å²) in [6, 6.07) is 15.1. The molecule has 1 saturated heterocycles. The number of unbranched alkanes of at least 4 members (excludes halogenated alkanes) is 1. The maximum Gasteiger partial charge on any atom is 0.273 e. The van der Waals surface area contributed by atoms with Gasteiger partial charge in [0.2, 0.25) is 17.7 Å². The molecular formula is C55H64FN9O10S. The van der Waals surface area contributed by atoms with Crippen LogP contribution >= 0.6 is 11.3 Å². The van der Waals surface area contributed by atoms with E-state index < -0.39 is 58.9 Å². The molecule has 21 heteroatoms. The maximum absolute atomic E-state index is 14.8. The number of benzene rings is 3. The molecule has 0 unspecified atom stereocenters. The zero-order valence-electron chi connectivity index (χ0n) is 43.3. The first-order valence-corrected chi connectivity index (χ1v) is 26.3. The second kappa shape index (κ2) is 22.8. The summed E-state index contributed by atoms with van der Waals surface area (Å²) in [5.74, 6) is -3.63. The number of aryl methyl sites for hydroxylation is 2. The molecule has 3 heterocycles. The van der Waals surface area contributed by atoms with Crippen molar-refractivity contribution in [1.82, 2.24) is 46.5 Å². The first kappa shape index (κ1) is 54.7. The van der Waals surface area contributed by atoms with Crippen molar-refractivity contribution >= 4 is 52.7 Å². The predicted molar refractivity (Wildman–Crippen MR) is 280 cm³/mol. The van der Waals surface area contributed by atoms with Gasteiger partial charge in [-0.05, 0) is 97.4 Å². The molecule has 0 spiro atoms. The molecule has 5 atom stereocenters. The number of rotatable bonds is 19. The number of aliphatic hydroxyl groups excluding tert-OH is 1. The minimum Gasteiger partial charge on any atom is -0.507 e. The molecule has 7 N–H and O–H groups in total. The minimum absolute atomic E-state index is 0.0196. The molecule has 3 aromatic carbocycles. The van der Waals surface area contributed by atoms with Crippen LogP contribution in [-0.2, 0) is 25.6 Å². The molecule has 7 amide bonds. The highest BCUT2D eigenvalue weighted by atomic mass is 32.1. The SMILES string of the molecule is Cc1ncsc1-c1ccc([C@H](CC(=O)NCCCCNC(=O)c2ccc3c(c2)[C@H](NC(=O)c2cc(-c4ccc(C(=O)N(C)C)c(O)c4)on2)CC3)NC(=O)[C@@H]2C[C@@H](O)CN2C(=O)[C@@H](NC(=O)C2(F)CC2)C(C)(C)C)cc1. The van der Waals surface area contributed by atoms with Crippen molar-refractivity contribution in [2.45, 2.75) is 115 Å². The first-order chi connectivity index (χ1) is 36.1. The lowest BCUT2D eigenvalue weighted by Gasteiger charge is -2.36. The van der Waals surface area contributed by atoms with Gasteiger partial charge in [0.05, 0.1) is 46.3 Å². The van der Waals surface area contributed by atoms with Crippen LogP contribution in [0.3, 0.4) is 0 Å². The molecule has 1 aliphatic heterocycles. The van der Waals surface area contributed by atoms with E-state index >= 15 is 0 Å². The Morgan fingerprint density at radius 1 is 0.921 bits per heavy atom. The molecule has 5 aromatic rings. The maximum atomic E-state index is 14.8. The van der Waals surface area contributed by atoms with E-state index in [0.29, 0.717) is 48.9 Å². The van der Waals surface area contributed by atoms with Gasteiger partial charge < -0.3 is 51.1 Å². The van der Waals surface area contributed by atoms with E-state index in [2.05, 4.69) is 36.7 Å². The monoisotopic (exact) mass is 1060 g/mol. The van der Waals surface area contributed by atoms with E-state index in [9.17, 15) is 48.2 Å². The molecular weight excluding hydrogens is 998 g/mol. The number of fused-ring (bicyclic) bond motifs is 1. The van der Waals surface area contributed by atoms with Crippen molar-refractivity contribution in [3.63, 3.8) is 0 Å². The molecule has 3 aliphatic rings. The van der Waals surface area contributed by atoms with Gasteiger partial charge in [-0.3, -0.25) is 33.6 Å². The lowest BCUT2D eigenvalue weighted by Crippen LogP contribution is -2.59. The van der Waals surface area contributed by atoms with Crippen molar-refractivity contribution in [2.75, 3.05) is 33.7 Å². The van der Waals surface area contributed by atoms with Gasteiger partial charge >= 0.3 is 0 Å². The number of halogens is 1. The molecule has 19 nitrogen and oxygen atoms in total. The molecule has 0 bridgehead atoms. The number of aromatic nitrogens is 2. The number of aliphatic hydroxyl groups is 1. The Kier molecular flexibility index (Phi) is 16.4. The fourth-order valence-corrected chi connectivity index (χ4v) is 10.3. The molecule has 402 valence electrons. The van der Waals surface area contributed by atoms with Crippen molar-refractivity contribution in [1.29, 1.82) is 0 Å². The summed E-state index contributed by atoms with van der Waals surface area (Å²) >= 11 is 1.49. The van der Waals surface area contributed by atoms with Crippen LogP contribution < -0.4 is 26.6 Å². The van der Waals surface area contributed by atoms with Gasteiger partial charge in [-0.2, -0.15) is 0 Å². The number of nitrogens with zero attached hydrogens (tertiary/aromatic N) is 4. The Morgan fingerprint density at radius 3 is 2.29 bits per heavy atom. The molecule has 76 heavy (non-hydrogen) atoms. The van der Waals surface area contributed by atoms with E-state index in [1.807, 2.05) is 37.3 Å². The third-order valence-corrected chi connectivity index (χ3v) is 15.0. The van der Waals surface area contributed by atoms with Crippen LogP contribution in [-0.4, -0.2) is 129 Å². The van der Waals surface area contributed by atoms with Crippen LogP contribution in [0.5, 0.6) is 5.75 Å². The van der Waals surface area contributed by atoms with Gasteiger partial charge in [0.15, 0.2) is 17.1 Å². The standard InChI is InChI=1S/C55H64FN9O10S/c1-30-46(76-29-59-30)33-12-10-32(11-13-33)40(61-50(71)42-25-36(66)28-65(42)52(73)47(54(2,3)4)62-53(74)55(56)19-20-55)27-45(68)57-21-7-8-22-58-48(69)35-14-9-31-16-18-39(38(31)23-35)60-49(70)41-26-44(75-63-41)34-15-17-37(43(67)24-34)51(72)64(5)6/h9-15,17,23-24,26,29,36,39-40,42,47,66-67H,7-8,16,18-22,25,27-28H2,1-6H3,(H,57,68)(H,58,69)(H,60,70)(H,61,71)(H,62,74)/t36-,39-,40+,42+,47-/m1/s1. The number of hydrogen-bond donors (Lipinski definition) is 7. The Hall–Kier alpha value is -7.52. The van der Waals surface area contributed by atoms with Crippen LogP contribution in [0.2, 0.25) is 0 Å². The van der Waals surface area contributed by atoms with Crippen molar-refractivity contribution in [3.8, 4) is 27.5 Å². The summed E-state index contributed by atoms with van der Waals surface area (Å²) in [6.07, 6.45) is 1.19. The zero-order valence-corrected chi connectivity index (χ0v) is 44.1.